The van der Waals surface area contributed by atoms with Crippen molar-refractivity contribution >= 4 is 46.4 Å². The van der Waals surface area contributed by atoms with Gasteiger partial charge in [0.25, 0.3) is 5.91 Å². The van der Waals surface area contributed by atoms with Crippen LogP contribution in [-0.4, -0.2) is 76.8 Å². The van der Waals surface area contributed by atoms with E-state index in [9.17, 15) is 9.59 Å². The zero-order valence-corrected chi connectivity index (χ0v) is 18.2. The average Bonchev–Trinajstić information content (AvgIpc) is 3.21. The van der Waals surface area contributed by atoms with Crippen LogP contribution in [0.25, 0.3) is 0 Å². The highest BCUT2D eigenvalue weighted by molar-refractivity contribution is 7.11. The third-order valence-electron chi connectivity index (χ3n) is 5.60. The molecular weight excluding hydrogens is 431 g/mol. The summed E-state index contributed by atoms with van der Waals surface area (Å²) in [5, 5.41) is 3.59. The molecule has 1 aromatic carbocycles. The Hall–Kier alpha value is -1.67. The fraction of sp³-hybridized carbons (Fsp3) is 0.450. The van der Waals surface area contributed by atoms with Crippen LogP contribution in [-0.2, 0) is 11.2 Å². The standard InChI is InChI=1S/C20H22Cl2N4O2S/c21-16-2-1-3-17(22)15(16)4-5-18(27)26-12-14(13-26)24-7-9-25(10-8-24)20(28)19-23-6-11-29-19/h1-3,6,11,14H,4-5,7-10,12-13H2. The van der Waals surface area contributed by atoms with Crippen LogP contribution in [0.1, 0.15) is 21.8 Å². The largest absolute Gasteiger partial charge is 0.339 e. The normalized spacial score (nSPS) is 18.0. The Morgan fingerprint density at radius 1 is 1.07 bits per heavy atom. The molecule has 2 aliphatic heterocycles. The lowest BCUT2D eigenvalue weighted by Crippen LogP contribution is -2.64. The molecule has 0 N–H and O–H groups in total. The smallest absolute Gasteiger partial charge is 0.282 e. The summed E-state index contributed by atoms with van der Waals surface area (Å²) in [4.78, 5) is 35.1. The lowest BCUT2D eigenvalue weighted by molar-refractivity contribution is -0.139. The molecule has 3 heterocycles. The van der Waals surface area contributed by atoms with E-state index < -0.39 is 0 Å². The van der Waals surface area contributed by atoms with Gasteiger partial charge in [-0.1, -0.05) is 29.3 Å². The summed E-state index contributed by atoms with van der Waals surface area (Å²) in [6.07, 6.45) is 2.62. The lowest BCUT2D eigenvalue weighted by Gasteiger charge is -2.48. The second kappa shape index (κ2) is 9.00. The summed E-state index contributed by atoms with van der Waals surface area (Å²) in [7, 11) is 0. The van der Waals surface area contributed by atoms with Gasteiger partial charge in [0.05, 0.1) is 0 Å². The molecule has 1 aromatic heterocycles. The number of piperazine rings is 1. The van der Waals surface area contributed by atoms with E-state index in [1.165, 1.54) is 11.3 Å². The van der Waals surface area contributed by atoms with Gasteiger partial charge in [0.1, 0.15) is 0 Å². The molecule has 0 unspecified atom stereocenters. The van der Waals surface area contributed by atoms with Gasteiger partial charge < -0.3 is 9.80 Å². The molecule has 9 heteroatoms. The number of rotatable bonds is 5. The van der Waals surface area contributed by atoms with E-state index in [0.717, 1.165) is 31.7 Å². The zero-order chi connectivity index (χ0) is 20.4. The Kier molecular flexibility index (Phi) is 6.39. The molecule has 2 aromatic rings. The Labute approximate surface area is 184 Å². The van der Waals surface area contributed by atoms with Gasteiger partial charge in [-0.3, -0.25) is 14.5 Å². The minimum atomic E-state index is 0.0169. The molecule has 29 heavy (non-hydrogen) atoms. The molecule has 0 bridgehead atoms. The summed E-state index contributed by atoms with van der Waals surface area (Å²) in [5.74, 6) is 0.151. The molecule has 2 amide bonds. The van der Waals surface area contributed by atoms with Crippen molar-refractivity contribution < 1.29 is 9.59 Å². The van der Waals surface area contributed by atoms with Gasteiger partial charge >= 0.3 is 0 Å². The Balaban J connectivity index is 1.20. The summed E-state index contributed by atoms with van der Waals surface area (Å²) in [6, 6.07) is 5.78. The molecule has 2 fully saturated rings. The fourth-order valence-corrected chi connectivity index (χ4v) is 4.99. The van der Waals surface area contributed by atoms with Crippen molar-refractivity contribution in [3.63, 3.8) is 0 Å². The molecule has 154 valence electrons. The van der Waals surface area contributed by atoms with Crippen molar-refractivity contribution in [3.8, 4) is 0 Å². The number of hydrogen-bond donors (Lipinski definition) is 0. The Bertz CT molecular complexity index is 858. The summed E-state index contributed by atoms with van der Waals surface area (Å²) < 4.78 is 0. The van der Waals surface area contributed by atoms with Crippen molar-refractivity contribution in [2.45, 2.75) is 18.9 Å². The number of amides is 2. The van der Waals surface area contributed by atoms with E-state index >= 15 is 0 Å². The van der Waals surface area contributed by atoms with Crippen molar-refractivity contribution in [3.05, 3.63) is 50.4 Å². The molecular formula is C20H22Cl2N4O2S. The number of benzene rings is 1. The second-order valence-corrected chi connectivity index (χ2v) is 9.03. The zero-order valence-electron chi connectivity index (χ0n) is 15.9. The van der Waals surface area contributed by atoms with Crippen LogP contribution in [0, 0.1) is 0 Å². The van der Waals surface area contributed by atoms with Gasteiger partial charge in [0, 0.05) is 73.4 Å². The number of nitrogens with zero attached hydrogens (tertiary/aromatic N) is 4. The first-order valence-electron chi connectivity index (χ1n) is 9.66. The van der Waals surface area contributed by atoms with Gasteiger partial charge in [0.15, 0.2) is 5.01 Å². The quantitative estimate of drug-likeness (QED) is 0.699. The third kappa shape index (κ3) is 4.58. The number of hydrogen-bond acceptors (Lipinski definition) is 5. The second-order valence-electron chi connectivity index (χ2n) is 7.32. The first-order valence-corrected chi connectivity index (χ1v) is 11.3. The number of carbonyl (C=O) groups is 2. The molecule has 0 spiro atoms. The lowest BCUT2D eigenvalue weighted by atomic mass is 10.0. The van der Waals surface area contributed by atoms with E-state index in [0.29, 0.717) is 47.0 Å². The van der Waals surface area contributed by atoms with Crippen LogP contribution in [0.3, 0.4) is 0 Å². The van der Waals surface area contributed by atoms with E-state index in [1.54, 1.807) is 24.4 Å². The first-order chi connectivity index (χ1) is 14.0. The third-order valence-corrected chi connectivity index (χ3v) is 7.07. The Morgan fingerprint density at radius 2 is 1.76 bits per heavy atom. The molecule has 0 saturated carbocycles. The topological polar surface area (TPSA) is 56.8 Å². The van der Waals surface area contributed by atoms with Gasteiger partial charge in [-0.15, -0.1) is 11.3 Å². The fourth-order valence-electron chi connectivity index (χ4n) is 3.81. The number of thiazole rings is 1. The predicted octanol–water partition coefficient (Wildman–Crippen LogP) is 3.05. The monoisotopic (exact) mass is 452 g/mol. The van der Waals surface area contributed by atoms with Gasteiger partial charge in [-0.25, -0.2) is 4.98 Å². The van der Waals surface area contributed by atoms with E-state index in [1.807, 2.05) is 15.2 Å². The number of carbonyl (C=O) groups excluding carboxylic acids is 2. The Morgan fingerprint density at radius 3 is 2.38 bits per heavy atom. The van der Waals surface area contributed by atoms with Crippen LogP contribution in [0.5, 0.6) is 0 Å². The highest BCUT2D eigenvalue weighted by atomic mass is 35.5. The molecule has 0 aliphatic carbocycles. The van der Waals surface area contributed by atoms with Crippen LogP contribution in [0.2, 0.25) is 10.0 Å². The number of likely N-dealkylation sites (tertiary alicyclic amines) is 1. The maximum absolute atomic E-state index is 12.5. The number of aromatic nitrogens is 1. The summed E-state index contributed by atoms with van der Waals surface area (Å²) >= 11 is 13.7. The van der Waals surface area contributed by atoms with Crippen molar-refractivity contribution in [2.75, 3.05) is 39.3 Å². The molecule has 6 nitrogen and oxygen atoms in total. The van der Waals surface area contributed by atoms with Crippen molar-refractivity contribution in [1.82, 2.24) is 19.7 Å². The average molecular weight is 453 g/mol. The molecule has 4 rings (SSSR count). The molecule has 0 atom stereocenters. The molecule has 0 radical (unpaired) electrons. The maximum atomic E-state index is 12.5. The maximum Gasteiger partial charge on any atom is 0.282 e. The molecule has 2 aliphatic rings. The minimum Gasteiger partial charge on any atom is -0.339 e. The highest BCUT2D eigenvalue weighted by Gasteiger charge is 2.36. The van der Waals surface area contributed by atoms with E-state index in [4.69, 9.17) is 23.2 Å². The summed E-state index contributed by atoms with van der Waals surface area (Å²) in [6.45, 7) is 4.56. The van der Waals surface area contributed by atoms with Crippen LogP contribution in [0.15, 0.2) is 29.8 Å². The first kappa shape index (κ1) is 20.6. The van der Waals surface area contributed by atoms with Gasteiger partial charge in [-0.05, 0) is 24.1 Å². The van der Waals surface area contributed by atoms with Gasteiger partial charge in [-0.2, -0.15) is 0 Å². The minimum absolute atomic E-state index is 0.0169. The number of halogens is 2. The SMILES string of the molecule is O=C(CCc1c(Cl)cccc1Cl)N1CC(N2CCN(C(=O)c3nccs3)CC2)C1. The van der Waals surface area contributed by atoms with Crippen LogP contribution in [0.4, 0.5) is 0 Å². The van der Waals surface area contributed by atoms with E-state index in [-0.39, 0.29) is 11.8 Å². The van der Waals surface area contributed by atoms with Gasteiger partial charge in [0.2, 0.25) is 5.91 Å². The van der Waals surface area contributed by atoms with Crippen LogP contribution < -0.4 is 0 Å². The molecule has 2 saturated heterocycles. The predicted molar refractivity (Wildman–Crippen MR) is 115 cm³/mol. The van der Waals surface area contributed by atoms with Crippen LogP contribution >= 0.6 is 34.5 Å². The van der Waals surface area contributed by atoms with E-state index in [2.05, 4.69) is 9.88 Å². The highest BCUT2D eigenvalue weighted by Crippen LogP contribution is 2.26. The van der Waals surface area contributed by atoms with Crippen molar-refractivity contribution in [2.24, 2.45) is 0 Å². The summed E-state index contributed by atoms with van der Waals surface area (Å²) in [5.41, 5.74) is 0.835. The van der Waals surface area contributed by atoms with Crippen molar-refractivity contribution in [1.29, 1.82) is 0 Å².